The lowest BCUT2D eigenvalue weighted by atomic mass is 9.79. The van der Waals surface area contributed by atoms with E-state index in [9.17, 15) is 4.79 Å². The number of hydrogen-bond donors (Lipinski definition) is 0. The maximum atomic E-state index is 12.6. The summed E-state index contributed by atoms with van der Waals surface area (Å²) in [7, 11) is -0.488. The molecular formula is C18H30BN3O4. The Morgan fingerprint density at radius 1 is 1.27 bits per heavy atom. The largest absolute Gasteiger partial charge is 0.498 e. The minimum Gasteiger partial charge on any atom is -0.444 e. The van der Waals surface area contributed by atoms with Gasteiger partial charge in [-0.05, 0) is 55.4 Å². The molecule has 1 atom stereocenters. The van der Waals surface area contributed by atoms with Crippen LogP contribution in [-0.2, 0) is 27.1 Å². The van der Waals surface area contributed by atoms with Crippen molar-refractivity contribution < 1.29 is 18.8 Å². The van der Waals surface area contributed by atoms with Gasteiger partial charge < -0.3 is 14.0 Å². The summed E-state index contributed by atoms with van der Waals surface area (Å²) in [5.41, 5.74) is 0.457. The number of amides is 1. The molecule has 0 saturated carbocycles. The quantitative estimate of drug-likeness (QED) is 0.717. The molecule has 26 heavy (non-hydrogen) atoms. The van der Waals surface area contributed by atoms with E-state index in [-0.39, 0.29) is 12.1 Å². The van der Waals surface area contributed by atoms with Crippen molar-refractivity contribution in [3.8, 4) is 0 Å². The minimum absolute atomic E-state index is 0.00315. The van der Waals surface area contributed by atoms with Gasteiger partial charge in [-0.3, -0.25) is 9.58 Å². The zero-order valence-electron chi connectivity index (χ0n) is 17.1. The first-order chi connectivity index (χ1) is 11.8. The molecule has 2 aliphatic rings. The van der Waals surface area contributed by atoms with E-state index in [1.807, 2.05) is 60.1 Å². The second-order valence-electron chi connectivity index (χ2n) is 9.27. The molecule has 144 valence electrons. The monoisotopic (exact) mass is 363 g/mol. The number of aromatic nitrogens is 2. The van der Waals surface area contributed by atoms with Gasteiger partial charge in [-0.1, -0.05) is 0 Å². The Kier molecular flexibility index (Phi) is 4.43. The average molecular weight is 363 g/mol. The van der Waals surface area contributed by atoms with Crippen LogP contribution in [0.2, 0.25) is 0 Å². The van der Waals surface area contributed by atoms with Gasteiger partial charge >= 0.3 is 13.2 Å². The molecule has 1 unspecified atom stereocenters. The molecular weight excluding hydrogens is 333 g/mol. The lowest BCUT2D eigenvalue weighted by Crippen LogP contribution is -2.49. The molecule has 7 nitrogen and oxygen atoms in total. The summed E-state index contributed by atoms with van der Waals surface area (Å²) in [4.78, 5) is 14.4. The van der Waals surface area contributed by atoms with Crippen molar-refractivity contribution in [3.05, 3.63) is 11.9 Å². The minimum atomic E-state index is -0.525. The van der Waals surface area contributed by atoms with Crippen LogP contribution in [0, 0.1) is 0 Å². The van der Waals surface area contributed by atoms with E-state index in [4.69, 9.17) is 14.0 Å². The number of hydrogen-bond acceptors (Lipinski definition) is 5. The van der Waals surface area contributed by atoms with Crippen LogP contribution in [0.25, 0.3) is 0 Å². The van der Waals surface area contributed by atoms with Crippen LogP contribution in [0.15, 0.2) is 6.20 Å². The first-order valence-corrected chi connectivity index (χ1v) is 9.20. The SMILES string of the molecule is CC1Cn2ncc(B3OC(C)(C)C(C)(C)O3)c2CN1C(=O)OC(C)(C)C. The van der Waals surface area contributed by atoms with Gasteiger partial charge in [-0.2, -0.15) is 5.10 Å². The summed E-state index contributed by atoms with van der Waals surface area (Å²) in [5.74, 6) is 0. The molecule has 2 aliphatic heterocycles. The van der Waals surface area contributed by atoms with Crippen LogP contribution in [0.3, 0.4) is 0 Å². The summed E-state index contributed by atoms with van der Waals surface area (Å²) in [5, 5.41) is 4.49. The van der Waals surface area contributed by atoms with Crippen molar-refractivity contribution in [1.82, 2.24) is 14.7 Å². The first kappa shape index (κ1) is 19.2. The molecule has 0 radical (unpaired) electrons. The normalized spacial score (nSPS) is 24.5. The Balaban J connectivity index is 1.85. The molecule has 1 aromatic rings. The fourth-order valence-electron chi connectivity index (χ4n) is 3.15. The molecule has 1 fully saturated rings. The predicted molar refractivity (Wildman–Crippen MR) is 99.2 cm³/mol. The Morgan fingerprint density at radius 2 is 1.85 bits per heavy atom. The van der Waals surface area contributed by atoms with Crippen LogP contribution >= 0.6 is 0 Å². The van der Waals surface area contributed by atoms with Crippen LogP contribution in [-0.4, -0.2) is 50.7 Å². The van der Waals surface area contributed by atoms with Gasteiger partial charge in [0.1, 0.15) is 5.60 Å². The highest BCUT2D eigenvalue weighted by atomic mass is 16.7. The van der Waals surface area contributed by atoms with E-state index in [1.165, 1.54) is 0 Å². The standard InChI is InChI=1S/C18H30BN3O4/c1-12-10-22-14(11-21(12)15(23)24-16(2,3)4)13(9-20-22)19-25-17(5,6)18(7,8)26-19/h9,12H,10-11H2,1-8H3. The highest BCUT2D eigenvalue weighted by molar-refractivity contribution is 6.62. The second kappa shape index (κ2) is 5.99. The van der Waals surface area contributed by atoms with E-state index in [0.717, 1.165) is 11.2 Å². The molecule has 3 heterocycles. The Morgan fingerprint density at radius 3 is 2.38 bits per heavy atom. The molecule has 0 N–H and O–H groups in total. The molecule has 0 aromatic carbocycles. The summed E-state index contributed by atoms with van der Waals surface area (Å²) < 4.78 is 19.8. The van der Waals surface area contributed by atoms with Gasteiger partial charge in [0.15, 0.2) is 0 Å². The first-order valence-electron chi connectivity index (χ1n) is 9.20. The average Bonchev–Trinajstić information content (AvgIpc) is 2.94. The number of fused-ring (bicyclic) bond motifs is 1. The summed E-state index contributed by atoms with van der Waals surface area (Å²) in [6.07, 6.45) is 1.49. The zero-order chi connectivity index (χ0) is 19.5. The van der Waals surface area contributed by atoms with Gasteiger partial charge in [-0.25, -0.2) is 4.79 Å². The Hall–Kier alpha value is -1.54. The van der Waals surface area contributed by atoms with Crippen LogP contribution in [0.1, 0.15) is 61.1 Å². The lowest BCUT2D eigenvalue weighted by Gasteiger charge is -2.35. The molecule has 1 aromatic heterocycles. The van der Waals surface area contributed by atoms with Gasteiger partial charge in [0.25, 0.3) is 0 Å². The molecule has 1 saturated heterocycles. The summed E-state index contributed by atoms with van der Waals surface area (Å²) in [6.45, 7) is 16.8. The number of rotatable bonds is 1. The molecule has 1 amide bonds. The van der Waals surface area contributed by atoms with Gasteiger partial charge in [0.05, 0.1) is 36.0 Å². The van der Waals surface area contributed by atoms with Crippen molar-refractivity contribution in [3.63, 3.8) is 0 Å². The fraction of sp³-hybridized carbons (Fsp3) is 0.778. The zero-order valence-corrected chi connectivity index (χ0v) is 17.1. The number of carbonyl (C=O) groups is 1. The molecule has 0 bridgehead atoms. The van der Waals surface area contributed by atoms with E-state index in [1.54, 1.807) is 11.1 Å². The van der Waals surface area contributed by atoms with Crippen LogP contribution < -0.4 is 5.46 Å². The third kappa shape index (κ3) is 3.36. The molecule has 0 spiro atoms. The van der Waals surface area contributed by atoms with Gasteiger partial charge in [-0.15, -0.1) is 0 Å². The third-order valence-corrected chi connectivity index (χ3v) is 5.41. The van der Waals surface area contributed by atoms with Gasteiger partial charge in [0, 0.05) is 11.7 Å². The number of ether oxygens (including phenoxy) is 1. The maximum Gasteiger partial charge on any atom is 0.498 e. The maximum absolute atomic E-state index is 12.6. The van der Waals surface area contributed by atoms with Crippen molar-refractivity contribution in [1.29, 1.82) is 0 Å². The summed E-state index contributed by atoms with van der Waals surface area (Å²) >= 11 is 0. The van der Waals surface area contributed by atoms with Crippen molar-refractivity contribution in [2.24, 2.45) is 0 Å². The second-order valence-corrected chi connectivity index (χ2v) is 9.27. The fourth-order valence-corrected chi connectivity index (χ4v) is 3.15. The third-order valence-electron chi connectivity index (χ3n) is 5.41. The molecule has 0 aliphatic carbocycles. The highest BCUT2D eigenvalue weighted by Crippen LogP contribution is 2.37. The topological polar surface area (TPSA) is 65.8 Å². The highest BCUT2D eigenvalue weighted by Gasteiger charge is 2.53. The number of carbonyl (C=O) groups excluding carboxylic acids is 1. The molecule has 8 heteroatoms. The Bertz CT molecular complexity index is 692. The van der Waals surface area contributed by atoms with Crippen molar-refractivity contribution >= 4 is 18.7 Å². The van der Waals surface area contributed by atoms with Crippen molar-refractivity contribution in [2.45, 2.75) is 91.3 Å². The van der Waals surface area contributed by atoms with E-state index in [2.05, 4.69) is 5.10 Å². The summed E-state index contributed by atoms with van der Waals surface area (Å²) in [6, 6.07) is 0.00315. The smallest absolute Gasteiger partial charge is 0.444 e. The van der Waals surface area contributed by atoms with Gasteiger partial charge in [0.2, 0.25) is 0 Å². The van der Waals surface area contributed by atoms with Crippen molar-refractivity contribution in [2.75, 3.05) is 0 Å². The van der Waals surface area contributed by atoms with E-state index < -0.39 is 23.9 Å². The van der Waals surface area contributed by atoms with Crippen LogP contribution in [0.4, 0.5) is 4.79 Å². The van der Waals surface area contributed by atoms with E-state index >= 15 is 0 Å². The lowest BCUT2D eigenvalue weighted by molar-refractivity contribution is 0.00578. The number of nitrogens with zero attached hydrogens (tertiary/aromatic N) is 3. The predicted octanol–water partition coefficient (Wildman–Crippen LogP) is 2.32. The molecule has 3 rings (SSSR count). The Labute approximate surface area is 156 Å². The van der Waals surface area contributed by atoms with Crippen LogP contribution in [0.5, 0.6) is 0 Å². The van der Waals surface area contributed by atoms with E-state index in [0.29, 0.717) is 13.1 Å².